The van der Waals surface area contributed by atoms with Crippen molar-refractivity contribution >= 4 is 5.97 Å². The van der Waals surface area contributed by atoms with Crippen LogP contribution in [0, 0.1) is 5.82 Å². The van der Waals surface area contributed by atoms with Crippen molar-refractivity contribution in [2.24, 2.45) is 0 Å². The van der Waals surface area contributed by atoms with Gasteiger partial charge in [0.25, 0.3) is 0 Å². The van der Waals surface area contributed by atoms with Gasteiger partial charge in [0.2, 0.25) is 0 Å². The van der Waals surface area contributed by atoms with Crippen LogP contribution in [0.3, 0.4) is 0 Å². The number of likely N-dealkylation sites (N-methyl/N-ethyl adjacent to an activating group) is 1. The number of rotatable bonds is 5. The molecule has 0 saturated carbocycles. The van der Waals surface area contributed by atoms with Crippen LogP contribution in [0.1, 0.15) is 23.6 Å². The lowest BCUT2D eigenvalue weighted by molar-refractivity contribution is -0.138. The molecular formula is C17H23FN2O3. The van der Waals surface area contributed by atoms with Gasteiger partial charge < -0.3 is 9.84 Å². The molecule has 1 aliphatic carbocycles. The predicted octanol–water partition coefficient (Wildman–Crippen LogP) is 1.53. The van der Waals surface area contributed by atoms with Gasteiger partial charge in [-0.25, -0.2) is 4.39 Å². The Morgan fingerprint density at radius 2 is 2.35 bits per heavy atom. The zero-order chi connectivity index (χ0) is 16.4. The summed E-state index contributed by atoms with van der Waals surface area (Å²) in [4.78, 5) is 14.9. The van der Waals surface area contributed by atoms with E-state index in [1.807, 2.05) is 6.07 Å². The summed E-state index contributed by atoms with van der Waals surface area (Å²) in [5.41, 5.74) is 2.34. The highest BCUT2D eigenvalue weighted by molar-refractivity contribution is 5.69. The molecule has 126 valence electrons. The Labute approximate surface area is 135 Å². The number of carbonyl (C=O) groups is 1. The van der Waals surface area contributed by atoms with Gasteiger partial charge >= 0.3 is 5.97 Å². The van der Waals surface area contributed by atoms with Gasteiger partial charge in [-0.05, 0) is 43.1 Å². The molecule has 23 heavy (non-hydrogen) atoms. The van der Waals surface area contributed by atoms with Gasteiger partial charge in [0.15, 0.2) is 0 Å². The van der Waals surface area contributed by atoms with Crippen LogP contribution in [-0.2, 0) is 16.0 Å². The first-order valence-corrected chi connectivity index (χ1v) is 8.07. The number of carboxylic acids is 1. The third-order valence-electron chi connectivity index (χ3n) is 4.69. The van der Waals surface area contributed by atoms with E-state index in [4.69, 9.17) is 9.84 Å². The molecule has 0 bridgehead atoms. The van der Waals surface area contributed by atoms with Crippen molar-refractivity contribution in [3.8, 4) is 0 Å². The highest BCUT2D eigenvalue weighted by Gasteiger charge is 2.32. The molecule has 1 N–H and O–H groups in total. The first-order chi connectivity index (χ1) is 11.0. The average Bonchev–Trinajstić information content (AvgIpc) is 2.89. The SMILES string of the molecule is CN(CC(=O)O)CC1CN(C2CCc3ccc(F)cc32)CCO1. The van der Waals surface area contributed by atoms with Crippen LogP contribution in [0.5, 0.6) is 0 Å². The van der Waals surface area contributed by atoms with Crippen molar-refractivity contribution in [1.29, 1.82) is 0 Å². The Bertz CT molecular complexity index is 581. The van der Waals surface area contributed by atoms with E-state index in [0.717, 1.165) is 31.5 Å². The molecule has 0 aromatic heterocycles. The van der Waals surface area contributed by atoms with E-state index in [1.54, 1.807) is 18.0 Å². The van der Waals surface area contributed by atoms with Crippen molar-refractivity contribution in [1.82, 2.24) is 9.80 Å². The fourth-order valence-electron chi connectivity index (χ4n) is 3.71. The van der Waals surface area contributed by atoms with Crippen LogP contribution in [0.25, 0.3) is 0 Å². The maximum atomic E-state index is 13.6. The first-order valence-electron chi connectivity index (χ1n) is 8.07. The quantitative estimate of drug-likeness (QED) is 0.891. The lowest BCUT2D eigenvalue weighted by atomic mass is 10.1. The molecule has 2 unspecified atom stereocenters. The van der Waals surface area contributed by atoms with Gasteiger partial charge in [-0.15, -0.1) is 0 Å². The zero-order valence-corrected chi connectivity index (χ0v) is 13.4. The molecule has 1 aliphatic heterocycles. The fraction of sp³-hybridized carbons (Fsp3) is 0.588. The molecule has 0 spiro atoms. The normalized spacial score (nSPS) is 24.8. The monoisotopic (exact) mass is 322 g/mol. The number of morpholine rings is 1. The highest BCUT2D eigenvalue weighted by atomic mass is 19.1. The summed E-state index contributed by atoms with van der Waals surface area (Å²) in [6.45, 7) is 2.82. The number of hydrogen-bond acceptors (Lipinski definition) is 4. The molecular weight excluding hydrogens is 299 g/mol. The molecule has 1 fully saturated rings. The summed E-state index contributed by atoms with van der Waals surface area (Å²) in [5.74, 6) is -1.01. The second-order valence-corrected chi connectivity index (χ2v) is 6.48. The summed E-state index contributed by atoms with van der Waals surface area (Å²) in [5, 5.41) is 8.84. The van der Waals surface area contributed by atoms with E-state index in [9.17, 15) is 9.18 Å². The van der Waals surface area contributed by atoms with Gasteiger partial charge in [-0.2, -0.15) is 0 Å². The molecule has 0 amide bonds. The maximum Gasteiger partial charge on any atom is 0.317 e. The minimum atomic E-state index is -0.833. The number of carboxylic acid groups (broad SMARTS) is 1. The maximum absolute atomic E-state index is 13.6. The van der Waals surface area contributed by atoms with E-state index in [-0.39, 0.29) is 24.5 Å². The fourth-order valence-corrected chi connectivity index (χ4v) is 3.71. The molecule has 2 atom stereocenters. The molecule has 1 saturated heterocycles. The van der Waals surface area contributed by atoms with Crippen molar-refractivity contribution < 1.29 is 19.0 Å². The van der Waals surface area contributed by atoms with Gasteiger partial charge in [0.05, 0.1) is 19.3 Å². The predicted molar refractivity (Wildman–Crippen MR) is 83.9 cm³/mol. The highest BCUT2D eigenvalue weighted by Crippen LogP contribution is 2.36. The summed E-state index contributed by atoms with van der Waals surface area (Å²) >= 11 is 0. The van der Waals surface area contributed by atoms with Gasteiger partial charge in [-0.3, -0.25) is 14.6 Å². The van der Waals surface area contributed by atoms with Crippen LogP contribution in [-0.4, -0.2) is 66.8 Å². The van der Waals surface area contributed by atoms with Crippen LogP contribution in [0.4, 0.5) is 4.39 Å². The third-order valence-corrected chi connectivity index (χ3v) is 4.69. The Morgan fingerprint density at radius 1 is 1.52 bits per heavy atom. The minimum absolute atomic E-state index is 0.00860. The topological polar surface area (TPSA) is 53.0 Å². The lowest BCUT2D eigenvalue weighted by Crippen LogP contribution is -2.48. The van der Waals surface area contributed by atoms with Crippen molar-refractivity contribution in [2.75, 3.05) is 39.8 Å². The number of fused-ring (bicyclic) bond motifs is 1. The Hall–Kier alpha value is -1.50. The molecule has 6 heteroatoms. The third kappa shape index (κ3) is 3.88. The van der Waals surface area contributed by atoms with Gasteiger partial charge in [-0.1, -0.05) is 6.07 Å². The number of aryl methyl sites for hydroxylation is 1. The number of nitrogens with zero attached hydrogens (tertiary/aromatic N) is 2. The van der Waals surface area contributed by atoms with Crippen molar-refractivity contribution in [3.05, 3.63) is 35.1 Å². The van der Waals surface area contributed by atoms with Gasteiger partial charge in [0, 0.05) is 25.7 Å². The van der Waals surface area contributed by atoms with Crippen molar-refractivity contribution in [2.45, 2.75) is 25.0 Å². The van der Waals surface area contributed by atoms with Crippen LogP contribution in [0.2, 0.25) is 0 Å². The smallest absolute Gasteiger partial charge is 0.317 e. The van der Waals surface area contributed by atoms with E-state index in [1.165, 1.54) is 11.6 Å². The molecule has 3 rings (SSSR count). The standard InChI is InChI=1S/C17H23FN2O3/c1-19(11-17(21)22)9-14-10-20(6-7-23-14)16-5-3-12-2-4-13(18)8-15(12)16/h2,4,8,14,16H,3,5-7,9-11H2,1H3,(H,21,22). The van der Waals surface area contributed by atoms with Crippen LogP contribution < -0.4 is 0 Å². The largest absolute Gasteiger partial charge is 0.480 e. The molecule has 2 aliphatic rings. The summed E-state index contributed by atoms with van der Waals surface area (Å²) in [6.07, 6.45) is 1.99. The number of ether oxygens (including phenoxy) is 1. The Kier molecular flexibility index (Phi) is 4.94. The number of halogens is 1. The average molecular weight is 322 g/mol. The van der Waals surface area contributed by atoms with Crippen LogP contribution in [0.15, 0.2) is 18.2 Å². The lowest BCUT2D eigenvalue weighted by Gasteiger charge is -2.38. The molecule has 1 heterocycles. The van der Waals surface area contributed by atoms with E-state index in [2.05, 4.69) is 4.90 Å². The Balaban J connectivity index is 1.64. The molecule has 1 aromatic carbocycles. The van der Waals surface area contributed by atoms with Crippen molar-refractivity contribution in [3.63, 3.8) is 0 Å². The van der Waals surface area contributed by atoms with E-state index >= 15 is 0 Å². The van der Waals surface area contributed by atoms with Crippen LogP contribution >= 0.6 is 0 Å². The second kappa shape index (κ2) is 6.95. The first kappa shape index (κ1) is 16.4. The number of hydrogen-bond donors (Lipinski definition) is 1. The molecule has 0 radical (unpaired) electrons. The minimum Gasteiger partial charge on any atom is -0.480 e. The molecule has 5 nitrogen and oxygen atoms in total. The zero-order valence-electron chi connectivity index (χ0n) is 13.4. The van der Waals surface area contributed by atoms with Gasteiger partial charge in [0.1, 0.15) is 5.82 Å². The number of benzene rings is 1. The van der Waals surface area contributed by atoms with E-state index in [0.29, 0.717) is 13.2 Å². The summed E-state index contributed by atoms with van der Waals surface area (Å²) in [7, 11) is 1.79. The second-order valence-electron chi connectivity index (χ2n) is 6.48. The summed E-state index contributed by atoms with van der Waals surface area (Å²) < 4.78 is 19.3. The summed E-state index contributed by atoms with van der Waals surface area (Å²) in [6, 6.07) is 5.33. The Morgan fingerprint density at radius 3 is 3.13 bits per heavy atom. The molecule has 1 aromatic rings. The van der Waals surface area contributed by atoms with E-state index < -0.39 is 5.97 Å². The number of aliphatic carboxylic acids is 1.